The molecule has 1 rings (SSSR count). The van der Waals surface area contributed by atoms with E-state index in [1.54, 1.807) is 12.2 Å². The molecule has 0 radical (unpaired) electrons. The highest BCUT2D eigenvalue weighted by Gasteiger charge is 2.36. The Bertz CT molecular complexity index is 144. The lowest BCUT2D eigenvalue weighted by atomic mass is 10.0. The smallest absolute Gasteiger partial charge is 0.121 e. The average molecular weight is 144 g/mol. The molecule has 0 saturated heterocycles. The molecule has 0 heterocycles. The van der Waals surface area contributed by atoms with E-state index < -0.39 is 11.7 Å². The topological polar surface area (TPSA) is 49.7 Å². The van der Waals surface area contributed by atoms with Crippen molar-refractivity contribution in [1.82, 2.24) is 0 Å². The lowest BCUT2D eigenvalue weighted by Crippen LogP contribution is -2.42. The Balaban J connectivity index is 2.52. The van der Waals surface area contributed by atoms with Crippen LogP contribution in [0.4, 0.5) is 0 Å². The van der Waals surface area contributed by atoms with Crippen LogP contribution in [0, 0.1) is 0 Å². The third kappa shape index (κ3) is 1.21. The van der Waals surface area contributed by atoms with Gasteiger partial charge in [-0.3, -0.25) is 0 Å². The number of rotatable bonds is 2. The first-order chi connectivity index (χ1) is 4.69. The lowest BCUT2D eigenvalue weighted by molar-refractivity contribution is -0.0855. The zero-order chi connectivity index (χ0) is 7.61. The molecule has 0 fully saturated rings. The minimum atomic E-state index is -1.07. The van der Waals surface area contributed by atoms with E-state index in [1.165, 1.54) is 7.11 Å². The van der Waals surface area contributed by atoms with E-state index in [2.05, 4.69) is 0 Å². The van der Waals surface area contributed by atoms with Gasteiger partial charge in [0, 0.05) is 7.11 Å². The maximum Gasteiger partial charge on any atom is 0.121 e. The normalized spacial score (nSPS) is 38.9. The molecule has 1 aliphatic rings. The summed E-state index contributed by atoms with van der Waals surface area (Å²) in [5, 5.41) is 18.7. The molecule has 58 valence electrons. The molecule has 10 heavy (non-hydrogen) atoms. The van der Waals surface area contributed by atoms with Gasteiger partial charge in [-0.1, -0.05) is 12.2 Å². The molecule has 2 atom stereocenters. The summed E-state index contributed by atoms with van der Waals surface area (Å²) < 4.78 is 4.75. The van der Waals surface area contributed by atoms with Crippen LogP contribution in [0.15, 0.2) is 12.2 Å². The van der Waals surface area contributed by atoms with Gasteiger partial charge >= 0.3 is 0 Å². The third-order valence-corrected chi connectivity index (χ3v) is 1.73. The van der Waals surface area contributed by atoms with Crippen LogP contribution in [0.1, 0.15) is 6.42 Å². The second-order valence-corrected chi connectivity index (χ2v) is 2.61. The highest BCUT2D eigenvalue weighted by molar-refractivity contribution is 5.11. The number of hydrogen-bond acceptors (Lipinski definition) is 3. The number of aliphatic hydroxyl groups is 2. The number of hydrogen-bond donors (Lipinski definition) is 2. The molecule has 0 aromatic rings. The minimum Gasteiger partial charge on any atom is -0.386 e. The Hall–Kier alpha value is -0.380. The van der Waals surface area contributed by atoms with Gasteiger partial charge in [-0.2, -0.15) is 0 Å². The molecule has 3 nitrogen and oxygen atoms in total. The van der Waals surface area contributed by atoms with Crippen molar-refractivity contribution < 1.29 is 14.9 Å². The van der Waals surface area contributed by atoms with Gasteiger partial charge in [0.2, 0.25) is 0 Å². The summed E-state index contributed by atoms with van der Waals surface area (Å²) in [5.74, 6) is 0. The molecule has 0 saturated carbocycles. The summed E-state index contributed by atoms with van der Waals surface area (Å²) in [6, 6.07) is 0. The van der Waals surface area contributed by atoms with Crippen molar-refractivity contribution in [2.75, 3.05) is 13.7 Å². The molecule has 0 aliphatic heterocycles. The molecule has 1 aliphatic carbocycles. The summed E-state index contributed by atoms with van der Waals surface area (Å²) in [4.78, 5) is 0. The maximum absolute atomic E-state index is 9.52. The van der Waals surface area contributed by atoms with E-state index in [9.17, 15) is 5.11 Å². The van der Waals surface area contributed by atoms with Crippen LogP contribution in [-0.4, -0.2) is 35.6 Å². The van der Waals surface area contributed by atoms with Crippen molar-refractivity contribution in [3.8, 4) is 0 Å². The molecule has 0 bridgehead atoms. The van der Waals surface area contributed by atoms with Crippen LogP contribution < -0.4 is 0 Å². The Labute approximate surface area is 59.9 Å². The van der Waals surface area contributed by atoms with Gasteiger partial charge in [-0.15, -0.1) is 0 Å². The maximum atomic E-state index is 9.52. The second-order valence-electron chi connectivity index (χ2n) is 2.61. The first kappa shape index (κ1) is 7.72. The van der Waals surface area contributed by atoms with Crippen LogP contribution in [0.2, 0.25) is 0 Å². The minimum absolute atomic E-state index is 0.182. The fourth-order valence-corrected chi connectivity index (χ4v) is 1.10. The molecule has 0 aromatic carbocycles. The highest BCUT2D eigenvalue weighted by Crippen LogP contribution is 2.23. The fourth-order valence-electron chi connectivity index (χ4n) is 1.10. The van der Waals surface area contributed by atoms with Crippen LogP contribution in [0.3, 0.4) is 0 Å². The van der Waals surface area contributed by atoms with Gasteiger partial charge in [-0.25, -0.2) is 0 Å². The Morgan fingerprint density at radius 2 is 2.50 bits per heavy atom. The zero-order valence-corrected chi connectivity index (χ0v) is 5.95. The predicted octanol–water partition coefficient (Wildman–Crippen LogP) is -0.315. The SMILES string of the molecule is COCC1(O)CC=CC1O. The number of aliphatic hydroxyl groups excluding tert-OH is 1. The van der Waals surface area contributed by atoms with E-state index in [-0.39, 0.29) is 6.61 Å². The van der Waals surface area contributed by atoms with Crippen LogP contribution in [0.5, 0.6) is 0 Å². The zero-order valence-electron chi connectivity index (χ0n) is 5.95. The Morgan fingerprint density at radius 3 is 2.90 bits per heavy atom. The standard InChI is InChI=1S/C7H12O3/c1-10-5-7(9)4-2-3-6(7)8/h2-3,6,8-9H,4-5H2,1H3. The van der Waals surface area contributed by atoms with Gasteiger partial charge in [0.05, 0.1) is 6.61 Å². The summed E-state index contributed by atoms with van der Waals surface area (Å²) in [6.45, 7) is 0.182. The van der Waals surface area contributed by atoms with E-state index in [1.807, 2.05) is 0 Å². The molecule has 0 amide bonds. The Kier molecular flexibility index (Phi) is 2.08. The summed E-state index contributed by atoms with van der Waals surface area (Å²) in [7, 11) is 1.50. The van der Waals surface area contributed by atoms with Crippen LogP contribution in [-0.2, 0) is 4.74 Å². The summed E-state index contributed by atoms with van der Waals surface area (Å²) in [6.07, 6.45) is 3.04. The van der Waals surface area contributed by atoms with Crippen molar-refractivity contribution in [3.63, 3.8) is 0 Å². The van der Waals surface area contributed by atoms with E-state index in [0.29, 0.717) is 6.42 Å². The molecule has 0 aromatic heterocycles. The first-order valence-corrected chi connectivity index (χ1v) is 3.25. The first-order valence-electron chi connectivity index (χ1n) is 3.25. The quantitative estimate of drug-likeness (QED) is 0.522. The molecule has 2 unspecified atom stereocenters. The van der Waals surface area contributed by atoms with E-state index in [0.717, 1.165) is 0 Å². The van der Waals surface area contributed by atoms with Crippen molar-refractivity contribution in [1.29, 1.82) is 0 Å². The molecular formula is C7H12O3. The van der Waals surface area contributed by atoms with Gasteiger partial charge in [0.1, 0.15) is 11.7 Å². The van der Waals surface area contributed by atoms with Crippen LogP contribution in [0.25, 0.3) is 0 Å². The number of methoxy groups -OCH3 is 1. The summed E-state index contributed by atoms with van der Waals surface area (Å²) >= 11 is 0. The van der Waals surface area contributed by atoms with E-state index >= 15 is 0 Å². The van der Waals surface area contributed by atoms with Crippen molar-refractivity contribution >= 4 is 0 Å². The van der Waals surface area contributed by atoms with E-state index in [4.69, 9.17) is 9.84 Å². The van der Waals surface area contributed by atoms with Gasteiger partial charge in [0.25, 0.3) is 0 Å². The largest absolute Gasteiger partial charge is 0.386 e. The summed E-state index contributed by atoms with van der Waals surface area (Å²) in [5.41, 5.74) is -1.07. The second kappa shape index (κ2) is 2.70. The van der Waals surface area contributed by atoms with Crippen molar-refractivity contribution in [3.05, 3.63) is 12.2 Å². The van der Waals surface area contributed by atoms with Gasteiger partial charge in [-0.05, 0) is 6.42 Å². The molecule has 0 spiro atoms. The van der Waals surface area contributed by atoms with Crippen molar-refractivity contribution in [2.45, 2.75) is 18.1 Å². The van der Waals surface area contributed by atoms with Crippen LogP contribution >= 0.6 is 0 Å². The molecular weight excluding hydrogens is 132 g/mol. The average Bonchev–Trinajstić information content (AvgIpc) is 2.15. The fraction of sp³-hybridized carbons (Fsp3) is 0.714. The lowest BCUT2D eigenvalue weighted by Gasteiger charge is -2.24. The van der Waals surface area contributed by atoms with Gasteiger partial charge in [0.15, 0.2) is 0 Å². The monoisotopic (exact) mass is 144 g/mol. The molecule has 3 heteroatoms. The van der Waals surface area contributed by atoms with Gasteiger partial charge < -0.3 is 14.9 Å². The third-order valence-electron chi connectivity index (χ3n) is 1.73. The predicted molar refractivity (Wildman–Crippen MR) is 36.6 cm³/mol. The molecule has 2 N–H and O–H groups in total. The Morgan fingerprint density at radius 1 is 1.80 bits per heavy atom. The number of ether oxygens (including phenoxy) is 1. The van der Waals surface area contributed by atoms with Crippen molar-refractivity contribution in [2.24, 2.45) is 0 Å². The highest BCUT2D eigenvalue weighted by atomic mass is 16.5.